The third kappa shape index (κ3) is 3.45. The van der Waals surface area contributed by atoms with E-state index in [4.69, 9.17) is 0 Å². The molecule has 108 valence electrons. The molecule has 20 heavy (non-hydrogen) atoms. The normalized spacial score (nSPS) is 14.3. The van der Waals surface area contributed by atoms with E-state index in [1.54, 1.807) is 11.3 Å². The van der Waals surface area contributed by atoms with Gasteiger partial charge in [0.05, 0.1) is 10.7 Å². The summed E-state index contributed by atoms with van der Waals surface area (Å²) < 4.78 is 14.7. The molecule has 0 bridgehead atoms. The Morgan fingerprint density at radius 2 is 1.95 bits per heavy atom. The second kappa shape index (κ2) is 6.33. The van der Waals surface area contributed by atoms with Crippen LogP contribution in [0.1, 0.15) is 47.1 Å². The first-order valence-electron chi connectivity index (χ1n) is 6.53. The second-order valence-electron chi connectivity index (χ2n) is 4.96. The third-order valence-corrected chi connectivity index (χ3v) is 5.01. The quantitative estimate of drug-likeness (QED) is 0.826. The van der Waals surface area contributed by atoms with Gasteiger partial charge in [-0.25, -0.2) is 9.37 Å². The number of benzene rings is 1. The van der Waals surface area contributed by atoms with Crippen molar-refractivity contribution >= 4 is 27.3 Å². The zero-order chi connectivity index (χ0) is 14.9. The average molecular weight is 357 g/mol. The van der Waals surface area contributed by atoms with Crippen LogP contribution in [0.3, 0.4) is 0 Å². The lowest BCUT2D eigenvalue weighted by atomic mass is 10.1. The van der Waals surface area contributed by atoms with Crippen molar-refractivity contribution < 1.29 is 4.39 Å². The van der Waals surface area contributed by atoms with Crippen molar-refractivity contribution in [1.29, 1.82) is 0 Å². The smallest absolute Gasteiger partial charge is 0.129 e. The van der Waals surface area contributed by atoms with Gasteiger partial charge in [0, 0.05) is 27.0 Å². The van der Waals surface area contributed by atoms with Gasteiger partial charge >= 0.3 is 0 Å². The highest BCUT2D eigenvalue weighted by molar-refractivity contribution is 9.10. The summed E-state index contributed by atoms with van der Waals surface area (Å²) in [5.74, 6) is -0.191. The predicted octanol–water partition coefficient (Wildman–Crippen LogP) is 5.07. The maximum absolute atomic E-state index is 14.0. The van der Waals surface area contributed by atoms with Crippen molar-refractivity contribution in [3.63, 3.8) is 0 Å². The molecule has 2 aromatic rings. The van der Waals surface area contributed by atoms with Crippen LogP contribution < -0.4 is 5.32 Å². The summed E-state index contributed by atoms with van der Waals surface area (Å²) in [5.41, 5.74) is 1.73. The van der Waals surface area contributed by atoms with Gasteiger partial charge in [-0.2, -0.15) is 0 Å². The summed E-state index contributed by atoms with van der Waals surface area (Å²) >= 11 is 4.97. The van der Waals surface area contributed by atoms with Crippen LogP contribution in [0.25, 0.3) is 0 Å². The molecule has 1 N–H and O–H groups in total. The zero-order valence-corrected chi connectivity index (χ0v) is 14.4. The molecule has 2 rings (SSSR count). The Hall–Kier alpha value is -0.780. The van der Waals surface area contributed by atoms with E-state index in [2.05, 4.69) is 33.2 Å². The molecule has 0 fully saturated rings. The number of hydrogen-bond acceptors (Lipinski definition) is 3. The molecule has 2 nitrogen and oxygen atoms in total. The number of nitrogens with zero attached hydrogens (tertiary/aromatic N) is 1. The molecule has 0 saturated heterocycles. The van der Waals surface area contributed by atoms with Gasteiger partial charge in [0.1, 0.15) is 5.82 Å². The molecular formula is C15H18BrFN2S. The van der Waals surface area contributed by atoms with Crippen LogP contribution in [0, 0.1) is 19.7 Å². The number of rotatable bonds is 4. The van der Waals surface area contributed by atoms with Gasteiger partial charge in [-0.3, -0.25) is 0 Å². The number of hydrogen-bond donors (Lipinski definition) is 1. The first-order valence-corrected chi connectivity index (χ1v) is 8.14. The van der Waals surface area contributed by atoms with Crippen LogP contribution in [0.2, 0.25) is 0 Å². The van der Waals surface area contributed by atoms with E-state index < -0.39 is 0 Å². The monoisotopic (exact) mass is 356 g/mol. The Kier molecular flexibility index (Phi) is 4.94. The summed E-state index contributed by atoms with van der Waals surface area (Å²) in [6.07, 6.45) is 0. The van der Waals surface area contributed by atoms with Crippen molar-refractivity contribution in [2.45, 2.75) is 39.8 Å². The van der Waals surface area contributed by atoms with Crippen LogP contribution in [0.4, 0.5) is 4.39 Å². The molecule has 0 radical (unpaired) electrons. The molecule has 1 aromatic carbocycles. The molecule has 0 aliphatic heterocycles. The van der Waals surface area contributed by atoms with E-state index in [9.17, 15) is 4.39 Å². The lowest BCUT2D eigenvalue weighted by Crippen LogP contribution is -2.23. The summed E-state index contributed by atoms with van der Waals surface area (Å²) in [5, 5.41) is 4.51. The average Bonchev–Trinajstić information content (AvgIpc) is 2.68. The SMILES string of the molecule is Cc1nc(C)c(C(C)NC(C)c2ccc(Br)cc2F)s1. The molecule has 2 atom stereocenters. The number of halogens is 2. The van der Waals surface area contributed by atoms with Gasteiger partial charge in [-0.05, 0) is 39.8 Å². The molecule has 5 heteroatoms. The zero-order valence-electron chi connectivity index (χ0n) is 12.0. The van der Waals surface area contributed by atoms with Crippen LogP contribution in [-0.2, 0) is 0 Å². The highest BCUT2D eigenvalue weighted by atomic mass is 79.9. The van der Waals surface area contributed by atoms with E-state index in [1.807, 2.05) is 32.9 Å². The van der Waals surface area contributed by atoms with Gasteiger partial charge in [0.25, 0.3) is 0 Å². The standard InChI is InChI=1S/C15H18BrFN2S/c1-8(13-6-5-12(16)7-14(13)17)18-9(2)15-10(3)19-11(4)20-15/h5-9,18H,1-4H3. The van der Waals surface area contributed by atoms with E-state index in [1.165, 1.54) is 10.9 Å². The Morgan fingerprint density at radius 3 is 2.50 bits per heavy atom. The number of nitrogens with one attached hydrogen (secondary N) is 1. The Morgan fingerprint density at radius 1 is 1.25 bits per heavy atom. The summed E-state index contributed by atoms with van der Waals surface area (Å²) in [4.78, 5) is 5.65. The lowest BCUT2D eigenvalue weighted by Gasteiger charge is -2.20. The highest BCUT2D eigenvalue weighted by Gasteiger charge is 2.18. The summed E-state index contributed by atoms with van der Waals surface area (Å²) in [6.45, 7) is 8.09. The van der Waals surface area contributed by atoms with E-state index in [0.717, 1.165) is 15.2 Å². The number of aromatic nitrogens is 1. The molecule has 0 aliphatic rings. The van der Waals surface area contributed by atoms with Gasteiger partial charge in [-0.1, -0.05) is 22.0 Å². The number of thiazole rings is 1. The fourth-order valence-electron chi connectivity index (χ4n) is 2.34. The fourth-order valence-corrected chi connectivity index (χ4v) is 3.61. The molecule has 2 unspecified atom stereocenters. The fraction of sp³-hybridized carbons (Fsp3) is 0.400. The summed E-state index contributed by atoms with van der Waals surface area (Å²) in [7, 11) is 0. The molecule has 0 saturated carbocycles. The first kappa shape index (κ1) is 15.6. The minimum Gasteiger partial charge on any atom is -0.303 e. The number of aryl methyl sites for hydroxylation is 2. The largest absolute Gasteiger partial charge is 0.303 e. The Balaban J connectivity index is 2.14. The Bertz CT molecular complexity index is 612. The lowest BCUT2D eigenvalue weighted by molar-refractivity contribution is 0.476. The van der Waals surface area contributed by atoms with Crippen molar-refractivity contribution in [3.05, 3.63) is 49.6 Å². The molecule has 0 amide bonds. The van der Waals surface area contributed by atoms with Crippen molar-refractivity contribution in [2.24, 2.45) is 0 Å². The minimum atomic E-state index is -0.191. The second-order valence-corrected chi connectivity index (χ2v) is 7.11. The minimum absolute atomic E-state index is 0.0556. The van der Waals surface area contributed by atoms with Crippen LogP contribution in [-0.4, -0.2) is 4.98 Å². The predicted molar refractivity (Wildman–Crippen MR) is 85.7 cm³/mol. The van der Waals surface area contributed by atoms with Gasteiger partial charge in [0.2, 0.25) is 0 Å². The maximum Gasteiger partial charge on any atom is 0.129 e. The maximum atomic E-state index is 14.0. The van der Waals surface area contributed by atoms with Crippen molar-refractivity contribution in [2.75, 3.05) is 0 Å². The molecular weight excluding hydrogens is 339 g/mol. The van der Waals surface area contributed by atoms with Gasteiger partial charge < -0.3 is 5.32 Å². The molecule has 0 aliphatic carbocycles. The van der Waals surface area contributed by atoms with E-state index in [-0.39, 0.29) is 17.9 Å². The molecule has 0 spiro atoms. The topological polar surface area (TPSA) is 24.9 Å². The van der Waals surface area contributed by atoms with Crippen LogP contribution in [0.5, 0.6) is 0 Å². The summed E-state index contributed by atoms with van der Waals surface area (Å²) in [6, 6.07) is 5.28. The third-order valence-electron chi connectivity index (χ3n) is 3.26. The van der Waals surface area contributed by atoms with E-state index in [0.29, 0.717) is 5.56 Å². The van der Waals surface area contributed by atoms with Crippen LogP contribution >= 0.6 is 27.3 Å². The first-order chi connectivity index (χ1) is 9.38. The van der Waals surface area contributed by atoms with Gasteiger partial charge in [0.15, 0.2) is 0 Å². The highest BCUT2D eigenvalue weighted by Crippen LogP contribution is 2.28. The van der Waals surface area contributed by atoms with Crippen molar-refractivity contribution in [3.8, 4) is 0 Å². The van der Waals surface area contributed by atoms with Crippen LogP contribution in [0.15, 0.2) is 22.7 Å². The molecule has 1 aromatic heterocycles. The van der Waals surface area contributed by atoms with E-state index >= 15 is 0 Å². The Labute approximate surface area is 131 Å². The molecule has 1 heterocycles. The van der Waals surface area contributed by atoms with Gasteiger partial charge in [-0.15, -0.1) is 11.3 Å². The van der Waals surface area contributed by atoms with Crippen molar-refractivity contribution in [1.82, 2.24) is 10.3 Å².